The molecule has 164 valence electrons. The quantitative estimate of drug-likeness (QED) is 0.578. The normalized spacial score (nSPS) is 16.4. The molecule has 0 bridgehead atoms. The molecule has 0 spiro atoms. The van der Waals surface area contributed by atoms with Crippen LogP contribution >= 0.6 is 11.3 Å². The number of piperidine rings is 1. The highest BCUT2D eigenvalue weighted by Crippen LogP contribution is 2.29. The number of nitrogens with zero attached hydrogens (tertiary/aromatic N) is 3. The van der Waals surface area contributed by atoms with E-state index in [-0.39, 0.29) is 11.9 Å². The maximum absolute atomic E-state index is 13.1. The molecule has 1 atom stereocenters. The Bertz CT molecular complexity index is 988. The summed E-state index contributed by atoms with van der Waals surface area (Å²) in [5, 5.41) is 5.37. The Morgan fingerprint density at radius 1 is 1.23 bits per heavy atom. The van der Waals surface area contributed by atoms with Crippen molar-refractivity contribution in [2.75, 3.05) is 19.6 Å². The second-order valence-corrected chi connectivity index (χ2v) is 9.63. The van der Waals surface area contributed by atoms with Crippen molar-refractivity contribution in [3.05, 3.63) is 75.5 Å². The molecular formula is C25H32N4OS. The van der Waals surface area contributed by atoms with E-state index in [1.54, 1.807) is 11.3 Å². The molecule has 0 aromatic carbocycles. The largest absolute Gasteiger partial charge is 0.350 e. The predicted octanol–water partition coefficient (Wildman–Crippen LogP) is 4.81. The second kappa shape index (κ2) is 9.79. The van der Waals surface area contributed by atoms with Crippen LogP contribution in [0.15, 0.2) is 48.0 Å². The maximum atomic E-state index is 13.1. The number of nitrogens with one attached hydrogen (secondary N) is 1. The summed E-state index contributed by atoms with van der Waals surface area (Å²) in [6.45, 7) is 9.91. The molecule has 1 amide bonds. The molecule has 1 unspecified atom stereocenters. The Balaban J connectivity index is 1.46. The van der Waals surface area contributed by atoms with Crippen LogP contribution in [0.4, 0.5) is 0 Å². The summed E-state index contributed by atoms with van der Waals surface area (Å²) < 4.78 is 2.17. The Labute approximate surface area is 189 Å². The first kappa shape index (κ1) is 21.8. The Morgan fingerprint density at radius 2 is 2.03 bits per heavy atom. The molecule has 31 heavy (non-hydrogen) atoms. The lowest BCUT2D eigenvalue weighted by atomic mass is 9.97. The molecule has 1 saturated heterocycles. The summed E-state index contributed by atoms with van der Waals surface area (Å²) in [4.78, 5) is 21.4. The molecule has 3 aromatic rings. The molecule has 1 fully saturated rings. The lowest BCUT2D eigenvalue weighted by Gasteiger charge is -2.36. The third-order valence-electron chi connectivity index (χ3n) is 6.45. The fourth-order valence-corrected chi connectivity index (χ4v) is 5.30. The van der Waals surface area contributed by atoms with E-state index in [0.29, 0.717) is 13.1 Å². The summed E-state index contributed by atoms with van der Waals surface area (Å²) in [7, 11) is 0. The molecule has 1 aliphatic rings. The number of hydrogen-bond donors (Lipinski definition) is 1. The molecular weight excluding hydrogens is 404 g/mol. The van der Waals surface area contributed by atoms with Gasteiger partial charge in [-0.05, 0) is 75.3 Å². The van der Waals surface area contributed by atoms with Gasteiger partial charge in [-0.25, -0.2) is 0 Å². The number of aromatic nitrogens is 2. The molecule has 1 aliphatic heterocycles. The zero-order chi connectivity index (χ0) is 21.8. The van der Waals surface area contributed by atoms with Gasteiger partial charge in [0.15, 0.2) is 0 Å². The summed E-state index contributed by atoms with van der Waals surface area (Å²) >= 11 is 1.78. The van der Waals surface area contributed by atoms with Gasteiger partial charge in [-0.15, -0.1) is 11.3 Å². The standard InChI is InChI=1S/C25H32N4OS/c1-18-9-12-28(13-10-18)23(24-8-6-14-31-24)16-27-25(30)22-15-19(2)29(20(22)3)17-21-7-4-5-11-26-21/h4-8,11,14-15,18,23H,9-10,12-13,16-17H2,1-3H3,(H,27,30). The van der Waals surface area contributed by atoms with Gasteiger partial charge in [0.2, 0.25) is 0 Å². The summed E-state index contributed by atoms with van der Waals surface area (Å²) in [5.74, 6) is 0.798. The molecule has 4 heterocycles. The van der Waals surface area contributed by atoms with Crippen LogP contribution in [-0.4, -0.2) is 40.0 Å². The van der Waals surface area contributed by atoms with Crippen LogP contribution in [0, 0.1) is 19.8 Å². The molecule has 6 heteroatoms. The Morgan fingerprint density at radius 3 is 2.71 bits per heavy atom. The van der Waals surface area contributed by atoms with E-state index in [2.05, 4.69) is 51.1 Å². The Kier molecular flexibility index (Phi) is 6.88. The van der Waals surface area contributed by atoms with E-state index in [1.807, 2.05) is 37.4 Å². The second-order valence-electron chi connectivity index (χ2n) is 8.65. The average molecular weight is 437 g/mol. The van der Waals surface area contributed by atoms with Crippen LogP contribution in [0.3, 0.4) is 0 Å². The number of rotatable bonds is 7. The van der Waals surface area contributed by atoms with Crippen LogP contribution in [0.1, 0.15) is 58.1 Å². The van der Waals surface area contributed by atoms with E-state index in [9.17, 15) is 4.79 Å². The SMILES string of the molecule is Cc1cc(C(=O)NCC(c2cccs2)N2CCC(C)CC2)c(C)n1Cc1ccccn1. The van der Waals surface area contributed by atoms with Gasteiger partial charge in [0.05, 0.1) is 23.8 Å². The summed E-state index contributed by atoms with van der Waals surface area (Å²) in [5.41, 5.74) is 3.81. The number of carbonyl (C=O) groups excluding carboxylic acids is 1. The van der Waals surface area contributed by atoms with Crippen LogP contribution < -0.4 is 5.32 Å². The van der Waals surface area contributed by atoms with Crippen LogP contribution in [0.2, 0.25) is 0 Å². The topological polar surface area (TPSA) is 50.2 Å². The minimum atomic E-state index is 0.00676. The predicted molar refractivity (Wildman–Crippen MR) is 127 cm³/mol. The first-order chi connectivity index (χ1) is 15.0. The lowest BCUT2D eigenvalue weighted by Crippen LogP contribution is -2.41. The molecule has 3 aromatic heterocycles. The Hall–Kier alpha value is -2.44. The fourth-order valence-electron chi connectivity index (χ4n) is 4.44. The zero-order valence-electron chi connectivity index (χ0n) is 18.7. The third kappa shape index (κ3) is 5.08. The van der Waals surface area contributed by atoms with Crippen molar-refractivity contribution in [1.82, 2.24) is 19.8 Å². The maximum Gasteiger partial charge on any atom is 0.253 e. The van der Waals surface area contributed by atoms with Crippen LogP contribution in [0.25, 0.3) is 0 Å². The summed E-state index contributed by atoms with van der Waals surface area (Å²) in [6.07, 6.45) is 4.26. The van der Waals surface area contributed by atoms with Crippen LogP contribution in [-0.2, 0) is 6.54 Å². The minimum Gasteiger partial charge on any atom is -0.350 e. The van der Waals surface area contributed by atoms with Crippen molar-refractivity contribution >= 4 is 17.2 Å². The van der Waals surface area contributed by atoms with Gasteiger partial charge in [-0.2, -0.15) is 0 Å². The third-order valence-corrected chi connectivity index (χ3v) is 7.42. The fraction of sp³-hybridized carbons (Fsp3) is 0.440. The van der Waals surface area contributed by atoms with Gasteiger partial charge in [0.1, 0.15) is 0 Å². The van der Waals surface area contributed by atoms with Crippen molar-refractivity contribution in [2.24, 2.45) is 5.92 Å². The number of aryl methyl sites for hydroxylation is 1. The molecule has 4 rings (SSSR count). The number of likely N-dealkylation sites (tertiary alicyclic amines) is 1. The molecule has 0 saturated carbocycles. The minimum absolute atomic E-state index is 0.00676. The molecule has 1 N–H and O–H groups in total. The van der Waals surface area contributed by atoms with Gasteiger partial charge < -0.3 is 9.88 Å². The zero-order valence-corrected chi connectivity index (χ0v) is 19.5. The molecule has 0 radical (unpaired) electrons. The van der Waals surface area contributed by atoms with Gasteiger partial charge in [0.25, 0.3) is 5.91 Å². The highest BCUT2D eigenvalue weighted by atomic mass is 32.1. The highest BCUT2D eigenvalue weighted by molar-refractivity contribution is 7.10. The first-order valence-corrected chi connectivity index (χ1v) is 12.0. The van der Waals surface area contributed by atoms with Gasteiger partial charge in [-0.1, -0.05) is 19.1 Å². The van der Waals surface area contributed by atoms with E-state index in [4.69, 9.17) is 0 Å². The van der Waals surface area contributed by atoms with Crippen molar-refractivity contribution in [3.8, 4) is 0 Å². The number of thiophene rings is 1. The summed E-state index contributed by atoms with van der Waals surface area (Å²) in [6, 6.07) is 12.5. The van der Waals surface area contributed by atoms with Gasteiger partial charge in [-0.3, -0.25) is 14.7 Å². The van der Waals surface area contributed by atoms with E-state index in [1.165, 1.54) is 17.7 Å². The monoisotopic (exact) mass is 436 g/mol. The number of pyridine rings is 1. The highest BCUT2D eigenvalue weighted by Gasteiger charge is 2.26. The van der Waals surface area contributed by atoms with Gasteiger partial charge >= 0.3 is 0 Å². The number of carbonyl (C=O) groups is 1. The van der Waals surface area contributed by atoms with Crippen LogP contribution in [0.5, 0.6) is 0 Å². The molecule has 5 nitrogen and oxygen atoms in total. The van der Waals surface area contributed by atoms with Crippen molar-refractivity contribution < 1.29 is 4.79 Å². The van der Waals surface area contributed by atoms with Crippen molar-refractivity contribution in [1.29, 1.82) is 0 Å². The molecule has 0 aliphatic carbocycles. The first-order valence-electron chi connectivity index (χ1n) is 11.1. The van der Waals surface area contributed by atoms with E-state index >= 15 is 0 Å². The average Bonchev–Trinajstić information content (AvgIpc) is 3.40. The van der Waals surface area contributed by atoms with Crippen molar-refractivity contribution in [2.45, 2.75) is 46.2 Å². The smallest absolute Gasteiger partial charge is 0.253 e. The number of hydrogen-bond acceptors (Lipinski definition) is 4. The van der Waals surface area contributed by atoms with E-state index in [0.717, 1.165) is 41.7 Å². The van der Waals surface area contributed by atoms with Gasteiger partial charge in [0, 0.05) is 29.0 Å². The van der Waals surface area contributed by atoms with E-state index < -0.39 is 0 Å². The van der Waals surface area contributed by atoms with Crippen molar-refractivity contribution in [3.63, 3.8) is 0 Å². The number of amides is 1. The lowest BCUT2D eigenvalue weighted by molar-refractivity contribution is 0.0914.